The third kappa shape index (κ3) is 4.25. The number of para-hydroxylation sites is 1. The molecule has 2 aliphatic rings. The van der Waals surface area contributed by atoms with Crippen molar-refractivity contribution in [3.8, 4) is 16.9 Å². The summed E-state index contributed by atoms with van der Waals surface area (Å²) < 4.78 is 8.51. The Balaban J connectivity index is 1.85. The lowest BCUT2D eigenvalue weighted by molar-refractivity contribution is 0.0757. The van der Waals surface area contributed by atoms with Crippen LogP contribution in [0.15, 0.2) is 47.5 Å². The molecular formula is C20H24N4O3. The predicted molar refractivity (Wildman–Crippen MR) is 103 cm³/mol. The Labute approximate surface area is 157 Å². The number of carbonyl (C=O) groups is 1. The van der Waals surface area contributed by atoms with Gasteiger partial charge in [0, 0.05) is 32.6 Å². The fourth-order valence-corrected chi connectivity index (χ4v) is 2.83. The van der Waals surface area contributed by atoms with Crippen LogP contribution in [0.5, 0.6) is 0 Å². The van der Waals surface area contributed by atoms with Crippen LogP contribution in [0.25, 0.3) is 16.9 Å². The number of pyridine rings is 1. The zero-order valence-corrected chi connectivity index (χ0v) is 15.8. The third-order valence-corrected chi connectivity index (χ3v) is 4.10. The molecule has 0 unspecified atom stereocenters. The number of nitrogens with zero attached hydrogens (tertiary/aromatic N) is 3. The number of ether oxygens (including phenoxy) is 1. The molecule has 1 aromatic rings. The van der Waals surface area contributed by atoms with E-state index in [4.69, 9.17) is 4.74 Å². The van der Waals surface area contributed by atoms with E-state index in [9.17, 15) is 9.59 Å². The van der Waals surface area contributed by atoms with E-state index in [1.165, 1.54) is 4.68 Å². The van der Waals surface area contributed by atoms with Gasteiger partial charge in [-0.3, -0.25) is 9.59 Å². The van der Waals surface area contributed by atoms with Gasteiger partial charge in [0.05, 0.1) is 22.9 Å². The molecule has 7 nitrogen and oxygen atoms in total. The molecule has 0 saturated carbocycles. The van der Waals surface area contributed by atoms with Gasteiger partial charge in [0.1, 0.15) is 5.69 Å². The van der Waals surface area contributed by atoms with Crippen LogP contribution in [0.1, 0.15) is 30.6 Å². The normalized spacial score (nSPS) is 11.3. The molecule has 0 saturated heterocycles. The second kappa shape index (κ2) is 8.18. The molecule has 0 atom stereocenters. The Bertz CT molecular complexity index is 944. The van der Waals surface area contributed by atoms with Crippen LogP contribution in [-0.2, 0) is 11.8 Å². The van der Waals surface area contributed by atoms with Crippen molar-refractivity contribution in [2.45, 2.75) is 26.4 Å². The van der Waals surface area contributed by atoms with Crippen molar-refractivity contribution >= 4 is 5.91 Å². The van der Waals surface area contributed by atoms with E-state index in [-0.39, 0.29) is 17.6 Å². The second-order valence-electron chi connectivity index (χ2n) is 6.68. The first-order valence-electron chi connectivity index (χ1n) is 9.01. The lowest BCUT2D eigenvalue weighted by Gasteiger charge is -2.11. The van der Waals surface area contributed by atoms with Gasteiger partial charge in [0.25, 0.3) is 11.5 Å². The van der Waals surface area contributed by atoms with Gasteiger partial charge in [-0.25, -0.2) is 0 Å². The Morgan fingerprint density at radius 1 is 1.22 bits per heavy atom. The molecule has 27 heavy (non-hydrogen) atoms. The number of hydrogen-bond acceptors (Lipinski definition) is 4. The van der Waals surface area contributed by atoms with Crippen LogP contribution >= 0.6 is 0 Å². The summed E-state index contributed by atoms with van der Waals surface area (Å²) in [6, 6.07) is 9.17. The number of rotatable bonds is 7. The highest BCUT2D eigenvalue weighted by atomic mass is 16.5. The molecule has 142 valence electrons. The van der Waals surface area contributed by atoms with E-state index < -0.39 is 0 Å². The summed E-state index contributed by atoms with van der Waals surface area (Å²) in [4.78, 5) is 25.4. The van der Waals surface area contributed by atoms with Crippen LogP contribution in [0.4, 0.5) is 0 Å². The number of benzene rings is 1. The van der Waals surface area contributed by atoms with Crippen molar-refractivity contribution < 1.29 is 9.53 Å². The summed E-state index contributed by atoms with van der Waals surface area (Å²) in [6.45, 7) is 5.03. The summed E-state index contributed by atoms with van der Waals surface area (Å²) in [7, 11) is 1.78. The standard InChI is InChI=1S/C20H24N4O3/c1-14(2)27-11-7-10-21-19(25)16-12-23(3)13-17-18(16)22-24(20(17)26)15-8-5-4-6-9-15/h4-6,8-9,12-14H,7,10-11H2,1-3H3,(H,21,25). The second-order valence-corrected chi connectivity index (χ2v) is 6.68. The molecule has 0 radical (unpaired) electrons. The van der Waals surface area contributed by atoms with Crippen molar-refractivity contribution in [3.05, 3.63) is 58.6 Å². The third-order valence-electron chi connectivity index (χ3n) is 4.10. The number of fused-ring (bicyclic) bond motifs is 1. The summed E-state index contributed by atoms with van der Waals surface area (Å²) in [5.41, 5.74) is 1.62. The number of aryl methyl sites for hydroxylation is 1. The van der Waals surface area contributed by atoms with E-state index >= 15 is 0 Å². The van der Waals surface area contributed by atoms with Crippen molar-refractivity contribution in [3.63, 3.8) is 0 Å². The molecule has 2 aliphatic heterocycles. The maximum Gasteiger partial charge on any atom is 0.282 e. The van der Waals surface area contributed by atoms with Gasteiger partial charge < -0.3 is 14.6 Å². The van der Waals surface area contributed by atoms with Crippen LogP contribution in [0, 0.1) is 0 Å². The molecule has 2 heterocycles. The minimum absolute atomic E-state index is 0.172. The van der Waals surface area contributed by atoms with Crippen LogP contribution in [-0.4, -0.2) is 39.5 Å². The molecule has 0 spiro atoms. The fourth-order valence-electron chi connectivity index (χ4n) is 2.83. The van der Waals surface area contributed by atoms with E-state index in [1.54, 1.807) is 24.0 Å². The molecule has 7 heteroatoms. The van der Waals surface area contributed by atoms with Gasteiger partial charge in [-0.05, 0) is 32.4 Å². The molecular weight excluding hydrogens is 344 g/mol. The maximum atomic E-state index is 12.8. The Morgan fingerprint density at radius 2 is 1.96 bits per heavy atom. The largest absolute Gasteiger partial charge is 0.379 e. The van der Waals surface area contributed by atoms with Crippen molar-refractivity contribution in [2.24, 2.45) is 7.05 Å². The van der Waals surface area contributed by atoms with Gasteiger partial charge in [0.15, 0.2) is 0 Å². The van der Waals surface area contributed by atoms with Crippen molar-refractivity contribution in [1.82, 2.24) is 19.7 Å². The molecule has 1 N–H and O–H groups in total. The monoisotopic (exact) mass is 368 g/mol. The van der Waals surface area contributed by atoms with E-state index in [1.807, 2.05) is 44.2 Å². The number of amides is 1. The predicted octanol–water partition coefficient (Wildman–Crippen LogP) is 2.22. The molecule has 1 aromatic carbocycles. The van der Waals surface area contributed by atoms with Crippen LogP contribution in [0.2, 0.25) is 0 Å². The van der Waals surface area contributed by atoms with Gasteiger partial charge in [-0.2, -0.15) is 9.78 Å². The highest BCUT2D eigenvalue weighted by Gasteiger charge is 2.23. The molecule has 0 fully saturated rings. The van der Waals surface area contributed by atoms with E-state index in [0.717, 1.165) is 6.42 Å². The Hall–Kier alpha value is -2.93. The number of nitrogens with one attached hydrogen (secondary N) is 1. The summed E-state index contributed by atoms with van der Waals surface area (Å²) in [6.07, 6.45) is 4.27. The highest BCUT2D eigenvalue weighted by molar-refractivity contribution is 5.99. The molecule has 0 aliphatic carbocycles. The van der Waals surface area contributed by atoms with Crippen LogP contribution in [0.3, 0.4) is 0 Å². The van der Waals surface area contributed by atoms with Gasteiger partial charge >= 0.3 is 0 Å². The lowest BCUT2D eigenvalue weighted by Crippen LogP contribution is -2.27. The van der Waals surface area contributed by atoms with E-state index in [2.05, 4.69) is 10.4 Å². The first-order valence-corrected chi connectivity index (χ1v) is 9.01. The lowest BCUT2D eigenvalue weighted by atomic mass is 10.1. The van der Waals surface area contributed by atoms with Crippen molar-refractivity contribution in [1.29, 1.82) is 0 Å². The van der Waals surface area contributed by atoms with Gasteiger partial charge in [0.2, 0.25) is 0 Å². The Kier molecular flexibility index (Phi) is 5.71. The fraction of sp³-hybridized carbons (Fsp3) is 0.350. The zero-order chi connectivity index (χ0) is 19.4. The maximum absolute atomic E-state index is 12.8. The number of carbonyl (C=O) groups excluding carboxylic acids is 1. The van der Waals surface area contributed by atoms with E-state index in [0.29, 0.717) is 35.7 Å². The van der Waals surface area contributed by atoms with Gasteiger partial charge in [-0.15, -0.1) is 0 Å². The minimum Gasteiger partial charge on any atom is -0.379 e. The summed E-state index contributed by atoms with van der Waals surface area (Å²) in [5, 5.41) is 7.29. The first-order chi connectivity index (χ1) is 13.0. The molecule has 0 bridgehead atoms. The van der Waals surface area contributed by atoms with Crippen molar-refractivity contribution in [2.75, 3.05) is 13.2 Å². The zero-order valence-electron chi connectivity index (χ0n) is 15.8. The van der Waals surface area contributed by atoms with Gasteiger partial charge in [-0.1, -0.05) is 18.2 Å². The smallest absolute Gasteiger partial charge is 0.282 e. The highest BCUT2D eigenvalue weighted by Crippen LogP contribution is 2.21. The SMILES string of the molecule is CC(C)OCCCNC(=O)c1cn(C)cc2c(=O)n(-c3ccccc3)nc1-2. The minimum atomic E-state index is -0.251. The molecule has 0 aromatic heterocycles. The first kappa shape index (κ1) is 18.8. The Morgan fingerprint density at radius 3 is 2.67 bits per heavy atom. The number of hydrogen-bond donors (Lipinski definition) is 1. The topological polar surface area (TPSA) is 78.1 Å². The van der Waals surface area contributed by atoms with Crippen LogP contribution < -0.4 is 10.9 Å². The molecule has 3 rings (SSSR count). The quantitative estimate of drug-likeness (QED) is 0.649. The average molecular weight is 368 g/mol. The average Bonchev–Trinajstić information content (AvgIpc) is 2.98. The number of aromatic nitrogens is 3. The molecule has 1 amide bonds. The summed E-state index contributed by atoms with van der Waals surface area (Å²) in [5.74, 6) is -0.251. The summed E-state index contributed by atoms with van der Waals surface area (Å²) >= 11 is 0.